The minimum atomic E-state index is -1.07. The van der Waals surface area contributed by atoms with Crippen LogP contribution in [0.1, 0.15) is 58.1 Å². The highest BCUT2D eigenvalue weighted by Gasteiger charge is 2.54. The Balaban J connectivity index is 0.00000204. The first kappa shape index (κ1) is 19.8. The molecule has 1 spiro atoms. The topological polar surface area (TPSA) is 84.7 Å². The number of ether oxygens (including phenoxy) is 1. The second-order valence-corrected chi connectivity index (χ2v) is 9.33. The summed E-state index contributed by atoms with van der Waals surface area (Å²) in [6, 6.07) is 3.42. The lowest BCUT2D eigenvalue weighted by molar-refractivity contribution is -0.358. The Bertz CT molecular complexity index is 1130. The van der Waals surface area contributed by atoms with Crippen LogP contribution < -0.4 is 10.1 Å². The maximum Gasteiger partial charge on any atom is 0.253 e. The van der Waals surface area contributed by atoms with Gasteiger partial charge in [-0.3, -0.25) is 9.59 Å². The van der Waals surface area contributed by atoms with Crippen LogP contribution in [0.3, 0.4) is 0 Å². The number of hydrogen-bond acceptors (Lipinski definition) is 4. The van der Waals surface area contributed by atoms with Crippen molar-refractivity contribution in [2.24, 2.45) is 0 Å². The van der Waals surface area contributed by atoms with Crippen molar-refractivity contribution in [2.75, 3.05) is 6.54 Å². The average molecular weight is 421 g/mol. The molecular formula is C24H27N3O4. The highest BCUT2D eigenvalue weighted by atomic mass is 16.5. The maximum atomic E-state index is 13.4. The summed E-state index contributed by atoms with van der Waals surface area (Å²) in [6.45, 7) is 4.56. The minimum Gasteiger partial charge on any atom is -0.618 e. The van der Waals surface area contributed by atoms with E-state index < -0.39 is 11.1 Å². The van der Waals surface area contributed by atoms with Gasteiger partial charge in [0.1, 0.15) is 22.9 Å². The minimum absolute atomic E-state index is 0. The van der Waals surface area contributed by atoms with Crippen molar-refractivity contribution >= 4 is 34.9 Å². The molecule has 5 aliphatic rings. The molecule has 0 unspecified atom stereocenters. The van der Waals surface area contributed by atoms with E-state index >= 15 is 0 Å². The van der Waals surface area contributed by atoms with Crippen LogP contribution >= 0.6 is 0 Å². The third-order valence-electron chi connectivity index (χ3n) is 6.94. The summed E-state index contributed by atoms with van der Waals surface area (Å²) in [7, 11) is 0. The molecule has 2 fully saturated rings. The van der Waals surface area contributed by atoms with E-state index in [0.717, 1.165) is 27.9 Å². The van der Waals surface area contributed by atoms with Gasteiger partial charge in [0.05, 0.1) is 16.7 Å². The summed E-state index contributed by atoms with van der Waals surface area (Å²) < 4.78 is 7.01. The van der Waals surface area contributed by atoms with Crippen molar-refractivity contribution in [1.29, 1.82) is 0 Å². The zero-order valence-electron chi connectivity index (χ0n) is 17.0. The number of piperazine rings is 1. The second-order valence-electron chi connectivity index (χ2n) is 9.33. The molecule has 7 heteroatoms. The van der Waals surface area contributed by atoms with E-state index in [1.165, 1.54) is 0 Å². The molecule has 2 saturated heterocycles. The average Bonchev–Trinajstić information content (AvgIpc) is 3.30. The van der Waals surface area contributed by atoms with Gasteiger partial charge in [-0.25, -0.2) is 0 Å². The fourth-order valence-electron chi connectivity index (χ4n) is 5.47. The molecule has 0 radical (unpaired) electrons. The van der Waals surface area contributed by atoms with Crippen molar-refractivity contribution in [3.8, 4) is 5.75 Å². The summed E-state index contributed by atoms with van der Waals surface area (Å²) >= 11 is 0. The molecule has 2 amide bonds. The van der Waals surface area contributed by atoms with Crippen LogP contribution in [0.5, 0.6) is 5.75 Å². The normalized spacial score (nSPS) is 29.4. The van der Waals surface area contributed by atoms with Gasteiger partial charge < -0.3 is 20.2 Å². The van der Waals surface area contributed by atoms with Gasteiger partial charge >= 0.3 is 0 Å². The number of hydrogen-bond donors (Lipinski definition) is 1. The third kappa shape index (κ3) is 2.55. The van der Waals surface area contributed by atoms with Gasteiger partial charge in [0.25, 0.3) is 5.91 Å². The first-order valence-corrected chi connectivity index (χ1v) is 10.5. The van der Waals surface area contributed by atoms with Crippen LogP contribution in [0.2, 0.25) is 0 Å². The predicted molar refractivity (Wildman–Crippen MR) is 118 cm³/mol. The smallest absolute Gasteiger partial charge is 0.253 e. The quantitative estimate of drug-likeness (QED) is 0.515. The summed E-state index contributed by atoms with van der Waals surface area (Å²) in [5.41, 5.74) is 2.01. The third-order valence-corrected chi connectivity index (χ3v) is 6.94. The molecule has 1 aromatic carbocycles. The Morgan fingerprint density at radius 1 is 1.29 bits per heavy atom. The number of carbonyl (C=O) groups is 2. The molecule has 162 valence electrons. The molecule has 0 aromatic heterocycles. The molecule has 1 aliphatic carbocycles. The monoisotopic (exact) mass is 421 g/mol. The van der Waals surface area contributed by atoms with Crippen LogP contribution in [0.4, 0.5) is 5.69 Å². The number of nitrogens with one attached hydrogen (secondary N) is 1. The number of fused-ring (bicyclic) bond motifs is 6. The van der Waals surface area contributed by atoms with E-state index in [4.69, 9.17) is 4.74 Å². The number of rotatable bonds is 0. The molecule has 6 rings (SSSR count). The van der Waals surface area contributed by atoms with Gasteiger partial charge in [-0.1, -0.05) is 7.43 Å². The Kier molecular flexibility index (Phi) is 3.98. The fraction of sp³-hybridized carbons (Fsp3) is 0.458. The lowest BCUT2D eigenvalue weighted by Crippen LogP contribution is -2.68. The van der Waals surface area contributed by atoms with Crippen LogP contribution in [0.15, 0.2) is 24.3 Å². The molecule has 2 atom stereocenters. The predicted octanol–water partition coefficient (Wildman–Crippen LogP) is 3.14. The van der Waals surface area contributed by atoms with Crippen LogP contribution in [0, 0.1) is 5.21 Å². The highest BCUT2D eigenvalue weighted by molar-refractivity contribution is 6.27. The van der Waals surface area contributed by atoms with Gasteiger partial charge in [0.15, 0.2) is 0 Å². The fourth-order valence-corrected chi connectivity index (χ4v) is 5.47. The standard InChI is InChI=1S/C23H23N3O4.CH4/c1-22(2)9-7-14-18(30-22)6-5-13-15-12-23(10-8-16(15)26(29)19(13)14)21(28)25-11-3-4-17(25)20(27)24-23;/h5-7,9,12,17H,3-4,8,10-11H2,1-2H3,(H,24,27);1H4/t17-,23+;/m0./s1. The van der Waals surface area contributed by atoms with E-state index in [0.29, 0.717) is 43.0 Å². The van der Waals surface area contributed by atoms with Crippen molar-refractivity contribution in [2.45, 2.75) is 64.1 Å². The van der Waals surface area contributed by atoms with E-state index in [1.807, 2.05) is 44.2 Å². The van der Waals surface area contributed by atoms with Crippen LogP contribution in [-0.2, 0) is 9.59 Å². The van der Waals surface area contributed by atoms with E-state index in [-0.39, 0.29) is 25.3 Å². The summed E-state index contributed by atoms with van der Waals surface area (Å²) in [5, 5.41) is 16.2. The lowest BCUT2D eigenvalue weighted by Gasteiger charge is -2.43. The molecule has 1 N–H and O–H groups in total. The first-order chi connectivity index (χ1) is 14.3. The molecule has 0 saturated carbocycles. The molecule has 0 bridgehead atoms. The van der Waals surface area contributed by atoms with E-state index in [9.17, 15) is 14.8 Å². The van der Waals surface area contributed by atoms with Crippen molar-refractivity contribution in [1.82, 2.24) is 10.2 Å². The van der Waals surface area contributed by atoms with Gasteiger partial charge in [0, 0.05) is 13.0 Å². The molecular weight excluding hydrogens is 394 g/mol. The second kappa shape index (κ2) is 6.22. The molecule has 31 heavy (non-hydrogen) atoms. The SMILES string of the molecule is C.CC1(C)C=Cc2c(ccc3c2[N+]([O-])=C2CC[C@]4(C=C23)NC(=O)[C@@H]2CCCN2C4=O)O1. The first-order valence-electron chi connectivity index (χ1n) is 10.5. The van der Waals surface area contributed by atoms with Gasteiger partial charge in [0.2, 0.25) is 17.3 Å². The Morgan fingerprint density at radius 3 is 2.90 bits per heavy atom. The Hall–Kier alpha value is -3.09. The zero-order valence-corrected chi connectivity index (χ0v) is 17.0. The lowest BCUT2D eigenvalue weighted by atomic mass is 9.78. The number of carbonyl (C=O) groups excluding carboxylic acids is 2. The van der Waals surface area contributed by atoms with Gasteiger partial charge in [-0.15, -0.1) is 0 Å². The van der Waals surface area contributed by atoms with Crippen molar-refractivity contribution < 1.29 is 19.1 Å². The largest absolute Gasteiger partial charge is 0.618 e. The number of benzene rings is 1. The maximum absolute atomic E-state index is 13.4. The van der Waals surface area contributed by atoms with E-state index in [2.05, 4.69) is 5.32 Å². The summed E-state index contributed by atoms with van der Waals surface area (Å²) in [5.74, 6) is 0.539. The highest BCUT2D eigenvalue weighted by Crippen LogP contribution is 2.48. The number of allylic oxidation sites excluding steroid dienone is 1. The Labute approximate surface area is 181 Å². The zero-order chi connectivity index (χ0) is 20.8. The Morgan fingerprint density at radius 2 is 2.10 bits per heavy atom. The summed E-state index contributed by atoms with van der Waals surface area (Å²) in [4.78, 5) is 27.8. The summed E-state index contributed by atoms with van der Waals surface area (Å²) in [6.07, 6.45) is 8.10. The molecule has 7 nitrogen and oxygen atoms in total. The van der Waals surface area contributed by atoms with Gasteiger partial charge in [-0.2, -0.15) is 4.74 Å². The molecule has 4 heterocycles. The number of amides is 2. The van der Waals surface area contributed by atoms with Crippen molar-refractivity contribution in [3.63, 3.8) is 0 Å². The molecule has 4 aliphatic heterocycles. The van der Waals surface area contributed by atoms with Crippen LogP contribution in [0.25, 0.3) is 11.6 Å². The molecule has 1 aromatic rings. The van der Waals surface area contributed by atoms with Crippen molar-refractivity contribution in [3.05, 3.63) is 40.6 Å². The van der Waals surface area contributed by atoms with E-state index in [1.54, 1.807) is 4.90 Å². The number of nitrogens with zero attached hydrogens (tertiary/aromatic N) is 2. The van der Waals surface area contributed by atoms with Gasteiger partial charge in [-0.05, 0) is 63.5 Å². The van der Waals surface area contributed by atoms with Crippen LogP contribution in [-0.4, -0.2) is 50.9 Å².